The van der Waals surface area contributed by atoms with E-state index in [9.17, 15) is 68.0 Å². The van der Waals surface area contributed by atoms with Crippen LogP contribution in [0.2, 0.25) is 0 Å². The minimum absolute atomic E-state index is 0.0650. The van der Waals surface area contributed by atoms with Gasteiger partial charge < -0.3 is 46.0 Å². The van der Waals surface area contributed by atoms with Crippen LogP contribution in [0.25, 0.3) is 10.9 Å². The van der Waals surface area contributed by atoms with E-state index in [1.54, 1.807) is 37.8 Å². The number of carboxylic acid groups (broad SMARTS) is 4. The summed E-state index contributed by atoms with van der Waals surface area (Å²) in [5, 5.41) is 55.7. The first-order valence-corrected chi connectivity index (χ1v) is 21.2. The van der Waals surface area contributed by atoms with Crippen molar-refractivity contribution in [1.82, 2.24) is 45.4 Å². The smallest absolute Gasteiger partial charge is 0.326 e. The summed E-state index contributed by atoms with van der Waals surface area (Å²) in [6.45, 7) is 3.50. The first-order valence-electron chi connectivity index (χ1n) is 21.2. The number of carboxylic acids is 4. The molecule has 360 valence electrons. The van der Waals surface area contributed by atoms with E-state index in [0.717, 1.165) is 4.90 Å². The Balaban J connectivity index is 1.24. The molecule has 0 spiro atoms. The number of unbranched alkanes of at least 4 members (excludes halogenated alkanes) is 1. The van der Waals surface area contributed by atoms with Gasteiger partial charge in [0.1, 0.15) is 24.4 Å². The molecular formula is C42H56F2N10O12. The molecule has 7 N–H and O–H groups in total. The first-order chi connectivity index (χ1) is 31.3. The molecule has 3 heterocycles. The van der Waals surface area contributed by atoms with Crippen LogP contribution >= 0.6 is 0 Å². The number of nitrogens with one attached hydrogen (secondary N) is 3. The van der Waals surface area contributed by atoms with Crippen molar-refractivity contribution in [2.45, 2.75) is 43.7 Å². The lowest BCUT2D eigenvalue weighted by molar-refractivity contribution is -0.140. The predicted octanol–water partition coefficient (Wildman–Crippen LogP) is -0.578. The molecule has 4 rings (SSSR count). The number of carbonyl (C=O) groups excluding carboxylic acids is 3. The Kier molecular flexibility index (Phi) is 19.9. The van der Waals surface area contributed by atoms with Gasteiger partial charge in [0.15, 0.2) is 0 Å². The highest BCUT2D eigenvalue weighted by molar-refractivity contribution is 6.07. The summed E-state index contributed by atoms with van der Waals surface area (Å²) < 4.78 is 33.5. The number of likely N-dealkylation sites (tertiary alicyclic amines) is 1. The van der Waals surface area contributed by atoms with E-state index in [0.29, 0.717) is 23.7 Å². The minimum Gasteiger partial charge on any atom is -0.487 e. The molecule has 2 atom stereocenters. The van der Waals surface area contributed by atoms with Crippen LogP contribution < -0.4 is 20.7 Å². The van der Waals surface area contributed by atoms with Crippen molar-refractivity contribution in [1.29, 1.82) is 5.26 Å². The molecular weight excluding hydrogens is 875 g/mol. The molecule has 2 aliphatic rings. The summed E-state index contributed by atoms with van der Waals surface area (Å²) >= 11 is 0. The Bertz CT molecular complexity index is 2090. The molecule has 0 bridgehead atoms. The molecule has 3 amide bonds. The number of pyridine rings is 1. The monoisotopic (exact) mass is 930 g/mol. The lowest BCUT2D eigenvalue weighted by Crippen LogP contribution is -2.49. The predicted molar refractivity (Wildman–Crippen MR) is 229 cm³/mol. The summed E-state index contributed by atoms with van der Waals surface area (Å²) in [6, 6.07) is 5.40. The number of rotatable bonds is 22. The van der Waals surface area contributed by atoms with E-state index in [-0.39, 0.29) is 121 Å². The van der Waals surface area contributed by atoms with Gasteiger partial charge in [0.2, 0.25) is 11.8 Å². The highest BCUT2D eigenvalue weighted by Crippen LogP contribution is 2.31. The molecule has 0 radical (unpaired) electrons. The Morgan fingerprint density at radius 2 is 1.39 bits per heavy atom. The maximum atomic E-state index is 13.8. The Morgan fingerprint density at radius 3 is 1.92 bits per heavy atom. The molecule has 2 fully saturated rings. The van der Waals surface area contributed by atoms with Crippen LogP contribution in [0, 0.1) is 11.3 Å². The Labute approximate surface area is 378 Å². The summed E-state index contributed by atoms with van der Waals surface area (Å²) in [4.78, 5) is 97.1. The lowest BCUT2D eigenvalue weighted by atomic mass is 10.1. The van der Waals surface area contributed by atoms with Gasteiger partial charge in [-0.2, -0.15) is 5.26 Å². The fourth-order valence-electron chi connectivity index (χ4n) is 7.42. The molecule has 24 heteroatoms. The van der Waals surface area contributed by atoms with Crippen molar-refractivity contribution >= 4 is 52.5 Å². The van der Waals surface area contributed by atoms with E-state index >= 15 is 0 Å². The number of halogens is 2. The normalized spacial score (nSPS) is 18.2. The van der Waals surface area contributed by atoms with E-state index in [2.05, 4.69) is 27.5 Å². The quantitative estimate of drug-likeness (QED) is 0.0727. The largest absolute Gasteiger partial charge is 0.487 e. The number of ether oxygens (including phenoxy) is 1. The fourth-order valence-corrected chi connectivity index (χ4v) is 7.42. The second-order valence-electron chi connectivity index (χ2n) is 16.0. The van der Waals surface area contributed by atoms with Crippen LogP contribution in [0.15, 0.2) is 42.7 Å². The van der Waals surface area contributed by atoms with Crippen LogP contribution in [0.1, 0.15) is 36.0 Å². The highest BCUT2D eigenvalue weighted by Gasteiger charge is 2.47. The Morgan fingerprint density at radius 1 is 0.833 bits per heavy atom. The zero-order valence-corrected chi connectivity index (χ0v) is 36.3. The molecule has 1 aromatic heterocycles. The van der Waals surface area contributed by atoms with Gasteiger partial charge in [-0.3, -0.25) is 53.4 Å². The van der Waals surface area contributed by atoms with Gasteiger partial charge in [0, 0.05) is 82.6 Å². The van der Waals surface area contributed by atoms with Crippen LogP contribution in [0.4, 0.5) is 8.78 Å². The van der Waals surface area contributed by atoms with Gasteiger partial charge in [0.25, 0.3) is 11.8 Å². The van der Waals surface area contributed by atoms with Gasteiger partial charge in [-0.05, 0) is 43.5 Å². The topological polar surface area (TPSA) is 299 Å². The minimum atomic E-state index is -3.21. The third-order valence-corrected chi connectivity index (χ3v) is 10.8. The second kappa shape index (κ2) is 25.2. The van der Waals surface area contributed by atoms with Gasteiger partial charge in [-0.15, -0.1) is 0 Å². The van der Waals surface area contributed by atoms with E-state index < -0.39 is 73.2 Å². The van der Waals surface area contributed by atoms with Crippen molar-refractivity contribution in [3.05, 3.63) is 48.3 Å². The first kappa shape index (κ1) is 52.1. The fraction of sp³-hybridized carbons (Fsp3) is 0.548. The van der Waals surface area contributed by atoms with E-state index in [4.69, 9.17) is 4.74 Å². The maximum Gasteiger partial charge on any atom is 0.326 e. The Hall–Kier alpha value is -6.55. The molecule has 0 aliphatic carbocycles. The highest BCUT2D eigenvalue weighted by atomic mass is 19.3. The third kappa shape index (κ3) is 17.4. The summed E-state index contributed by atoms with van der Waals surface area (Å²) in [7, 11) is 0. The van der Waals surface area contributed by atoms with Gasteiger partial charge in [-0.25, -0.2) is 13.6 Å². The zero-order valence-electron chi connectivity index (χ0n) is 36.3. The van der Waals surface area contributed by atoms with Gasteiger partial charge in [0.05, 0.1) is 56.4 Å². The number of alkyl halides is 2. The number of hydrogen-bond acceptors (Lipinski definition) is 15. The van der Waals surface area contributed by atoms with Crippen molar-refractivity contribution in [3.8, 4) is 11.8 Å². The lowest BCUT2D eigenvalue weighted by Gasteiger charge is -2.32. The number of aromatic nitrogens is 1. The third-order valence-electron chi connectivity index (χ3n) is 10.8. The van der Waals surface area contributed by atoms with Crippen LogP contribution in [-0.2, 0) is 28.8 Å². The zero-order chi connectivity index (χ0) is 48.4. The number of amides is 3. The average Bonchev–Trinajstić information content (AvgIpc) is 3.58. The second-order valence-corrected chi connectivity index (χ2v) is 16.0. The van der Waals surface area contributed by atoms with Crippen LogP contribution in [0.5, 0.6) is 5.75 Å². The number of benzene rings is 1. The number of aliphatic carboxylic acids is 4. The van der Waals surface area contributed by atoms with E-state index in [1.807, 2.05) is 0 Å². The molecule has 22 nitrogen and oxygen atoms in total. The molecule has 2 unspecified atom stereocenters. The summed E-state index contributed by atoms with van der Waals surface area (Å²) in [5.74, 6) is -9.13. The van der Waals surface area contributed by atoms with Crippen molar-refractivity contribution in [2.24, 2.45) is 0 Å². The van der Waals surface area contributed by atoms with Crippen LogP contribution in [-0.4, -0.2) is 214 Å². The number of fused-ring (bicyclic) bond motifs is 1. The van der Waals surface area contributed by atoms with Gasteiger partial charge in [-0.1, -0.05) is 6.58 Å². The molecule has 2 aromatic rings. The summed E-state index contributed by atoms with van der Waals surface area (Å²) in [5.41, 5.74) is 0.742. The number of carbonyl (C=O) groups is 7. The number of nitriles is 1. The average molecular weight is 931 g/mol. The van der Waals surface area contributed by atoms with Crippen molar-refractivity contribution in [2.75, 3.05) is 105 Å². The summed E-state index contributed by atoms with van der Waals surface area (Å²) in [6.07, 6.45) is 1.58. The molecule has 2 aliphatic heterocycles. The molecule has 2 saturated heterocycles. The van der Waals surface area contributed by atoms with Crippen molar-refractivity contribution in [3.63, 3.8) is 0 Å². The molecule has 1 aromatic carbocycles. The standard InChI is InChI=1S/C42H56F2N10O12/c1-28(26-66-30-5-6-33-32(18-30)31(7-9-46-33)40(63)48-21-36(56)54-27-42(43,44)19-29(54)20-45)49-34(41(64)65)4-2-3-8-47-35(55)22-50-10-12-51(23-37(57)58)14-16-53(25-39(61)62)17-15-52(13-11-50)24-38(59)60/h5-7,9,18,29,34,49H,1-4,8,10-17,19,21-27H2,(H,47,55)(H,48,63)(H,57,58)(H,59,60)(H,61,62)(H,64,65). The molecule has 0 saturated carbocycles. The van der Waals surface area contributed by atoms with Crippen molar-refractivity contribution < 1.29 is 67.5 Å². The maximum absolute atomic E-state index is 13.8. The number of nitrogens with zero attached hydrogens (tertiary/aromatic N) is 7. The van der Waals surface area contributed by atoms with Crippen LogP contribution in [0.3, 0.4) is 0 Å². The SMILES string of the molecule is C=C(COc1ccc2nccc(C(=O)NCC(=O)N3CC(F)(F)CC3C#N)c2c1)NC(CCCCNC(=O)CN1CCN(CC(=O)O)CCN(CC(=O)O)CCN(CC(=O)O)CC1)C(=O)O. The van der Waals surface area contributed by atoms with E-state index in [1.165, 1.54) is 18.3 Å². The number of hydrogen-bond donors (Lipinski definition) is 7. The molecule has 66 heavy (non-hydrogen) atoms. The van der Waals surface area contributed by atoms with Gasteiger partial charge >= 0.3 is 23.9 Å².